The highest BCUT2D eigenvalue weighted by molar-refractivity contribution is 5.22. The van der Waals surface area contributed by atoms with Crippen LogP contribution in [0.1, 0.15) is 26.7 Å². The van der Waals surface area contributed by atoms with Crippen LogP contribution in [0.4, 0.5) is 0 Å². The quantitative estimate of drug-likeness (QED) is 0.596. The van der Waals surface area contributed by atoms with E-state index in [0.717, 1.165) is 5.92 Å². The summed E-state index contributed by atoms with van der Waals surface area (Å²) in [7, 11) is 0. The lowest BCUT2D eigenvalue weighted by molar-refractivity contribution is -0.0972. The van der Waals surface area contributed by atoms with E-state index in [0.29, 0.717) is 17.4 Å². The van der Waals surface area contributed by atoms with Crippen LogP contribution in [0, 0.1) is 17.3 Å². The molecule has 4 atom stereocenters. The van der Waals surface area contributed by atoms with Crippen molar-refractivity contribution in [3.8, 4) is 0 Å². The van der Waals surface area contributed by atoms with Gasteiger partial charge in [-0.1, -0.05) is 13.8 Å². The van der Waals surface area contributed by atoms with Gasteiger partial charge in [-0.05, 0) is 30.1 Å². The summed E-state index contributed by atoms with van der Waals surface area (Å²) in [4.78, 5) is 0. The Morgan fingerprint density at radius 2 is 2.17 bits per heavy atom. The Kier molecular flexibility index (Phi) is 1.06. The van der Waals surface area contributed by atoms with Crippen molar-refractivity contribution in [1.82, 2.24) is 0 Å². The van der Waals surface area contributed by atoms with Crippen molar-refractivity contribution in [1.29, 1.82) is 0 Å². The largest absolute Gasteiger partial charge is 0.393 e. The van der Waals surface area contributed by atoms with Gasteiger partial charge in [-0.15, -0.1) is 0 Å². The molecule has 68 valence electrons. The third kappa shape index (κ3) is 0.549. The van der Waals surface area contributed by atoms with Crippen LogP contribution < -0.4 is 0 Å². The van der Waals surface area contributed by atoms with Crippen LogP contribution in [0.25, 0.3) is 0 Å². The highest BCUT2D eigenvalue weighted by Gasteiger charge is 2.74. The van der Waals surface area contributed by atoms with E-state index in [1.54, 1.807) is 0 Å². The standard InChI is InChI=1S/C10H16O2/c1-9(2)6-3-7(9)10(5-11)8(4-6)12-10/h6-8,11H,3-5H2,1-2H3/t6-,7-,8?,10?/m1/s1. The van der Waals surface area contributed by atoms with Gasteiger partial charge < -0.3 is 9.84 Å². The normalized spacial score (nSPS) is 58.8. The number of aliphatic hydroxyl groups excluding tert-OH is 1. The van der Waals surface area contributed by atoms with Gasteiger partial charge >= 0.3 is 0 Å². The molecule has 12 heavy (non-hydrogen) atoms. The molecular formula is C10H16O2. The zero-order valence-corrected chi connectivity index (χ0v) is 7.71. The summed E-state index contributed by atoms with van der Waals surface area (Å²) in [5.41, 5.74) is 0.327. The molecule has 0 amide bonds. The third-order valence-electron chi connectivity index (χ3n) is 4.66. The maximum atomic E-state index is 9.29. The van der Waals surface area contributed by atoms with E-state index >= 15 is 0 Å². The van der Waals surface area contributed by atoms with Crippen molar-refractivity contribution < 1.29 is 9.84 Å². The number of aliphatic hydroxyl groups is 1. The van der Waals surface area contributed by atoms with Crippen molar-refractivity contribution in [2.24, 2.45) is 17.3 Å². The lowest BCUT2D eigenvalue weighted by Gasteiger charge is -2.57. The summed E-state index contributed by atoms with van der Waals surface area (Å²) < 4.78 is 5.65. The van der Waals surface area contributed by atoms with E-state index in [-0.39, 0.29) is 12.2 Å². The summed E-state index contributed by atoms with van der Waals surface area (Å²) in [5.74, 6) is 1.48. The molecule has 4 aliphatic rings. The second-order valence-electron chi connectivity index (χ2n) is 5.26. The lowest BCUT2D eigenvalue weighted by atomic mass is 9.45. The van der Waals surface area contributed by atoms with Gasteiger partial charge in [0.15, 0.2) is 0 Å². The molecule has 0 aromatic carbocycles. The number of ether oxygens (including phenoxy) is 1. The minimum absolute atomic E-state index is 0.0990. The van der Waals surface area contributed by atoms with Gasteiger partial charge in [-0.2, -0.15) is 0 Å². The van der Waals surface area contributed by atoms with E-state index in [4.69, 9.17) is 4.74 Å². The first kappa shape index (κ1) is 7.34. The van der Waals surface area contributed by atoms with Gasteiger partial charge in [-0.25, -0.2) is 0 Å². The van der Waals surface area contributed by atoms with Crippen LogP contribution in [0.5, 0.6) is 0 Å². The van der Waals surface area contributed by atoms with E-state index in [1.165, 1.54) is 12.8 Å². The Morgan fingerprint density at radius 3 is 2.67 bits per heavy atom. The van der Waals surface area contributed by atoms with Crippen molar-refractivity contribution in [2.45, 2.75) is 38.4 Å². The Balaban J connectivity index is 1.94. The average molecular weight is 168 g/mol. The monoisotopic (exact) mass is 168 g/mol. The molecule has 4 rings (SSSR count). The smallest absolute Gasteiger partial charge is 0.121 e. The maximum Gasteiger partial charge on any atom is 0.121 e. The van der Waals surface area contributed by atoms with Gasteiger partial charge in [0.2, 0.25) is 0 Å². The van der Waals surface area contributed by atoms with Gasteiger partial charge in [0.25, 0.3) is 0 Å². The van der Waals surface area contributed by atoms with E-state index in [2.05, 4.69) is 13.8 Å². The molecule has 4 fully saturated rings. The fourth-order valence-electron chi connectivity index (χ4n) is 3.54. The molecule has 2 unspecified atom stereocenters. The molecule has 2 bridgehead atoms. The molecule has 0 spiro atoms. The third-order valence-corrected chi connectivity index (χ3v) is 4.66. The van der Waals surface area contributed by atoms with Crippen LogP contribution in [-0.4, -0.2) is 23.4 Å². The van der Waals surface area contributed by atoms with Crippen LogP contribution in [0.3, 0.4) is 0 Å². The molecule has 0 radical (unpaired) electrons. The van der Waals surface area contributed by atoms with Gasteiger partial charge in [0, 0.05) is 0 Å². The highest BCUT2D eigenvalue weighted by Crippen LogP contribution is 2.70. The van der Waals surface area contributed by atoms with E-state index < -0.39 is 0 Å². The summed E-state index contributed by atoms with van der Waals surface area (Å²) in [6.45, 7) is 4.88. The zero-order valence-electron chi connectivity index (χ0n) is 7.71. The SMILES string of the molecule is CC1(C)[C@H]2CC3OC3(CO)[C@@H]1C2. The topological polar surface area (TPSA) is 32.8 Å². The second-order valence-corrected chi connectivity index (χ2v) is 5.26. The minimum atomic E-state index is -0.0990. The average Bonchev–Trinajstić information content (AvgIpc) is 2.77. The maximum absolute atomic E-state index is 9.29. The number of epoxide rings is 1. The highest BCUT2D eigenvalue weighted by atomic mass is 16.6. The van der Waals surface area contributed by atoms with Gasteiger partial charge in [-0.3, -0.25) is 0 Å². The van der Waals surface area contributed by atoms with Crippen LogP contribution >= 0.6 is 0 Å². The summed E-state index contributed by atoms with van der Waals surface area (Å²) in [6, 6.07) is 0. The van der Waals surface area contributed by atoms with Crippen LogP contribution in [-0.2, 0) is 4.74 Å². The minimum Gasteiger partial charge on any atom is -0.393 e. The van der Waals surface area contributed by atoms with E-state index in [1.807, 2.05) is 0 Å². The van der Waals surface area contributed by atoms with Gasteiger partial charge in [0.1, 0.15) is 5.60 Å². The fourth-order valence-corrected chi connectivity index (χ4v) is 3.54. The van der Waals surface area contributed by atoms with Crippen molar-refractivity contribution in [3.63, 3.8) is 0 Å². The predicted molar refractivity (Wildman–Crippen MR) is 44.7 cm³/mol. The Bertz CT molecular complexity index is 236. The molecule has 3 aliphatic carbocycles. The molecule has 1 heterocycles. The molecule has 1 aliphatic heterocycles. The molecule has 2 heteroatoms. The first-order chi connectivity index (χ1) is 5.61. The molecule has 1 N–H and O–H groups in total. The molecule has 3 saturated carbocycles. The van der Waals surface area contributed by atoms with Crippen LogP contribution in [0.2, 0.25) is 0 Å². The van der Waals surface area contributed by atoms with Crippen LogP contribution in [0.15, 0.2) is 0 Å². The molecule has 0 aromatic heterocycles. The Labute approximate surface area is 72.9 Å². The first-order valence-electron chi connectivity index (χ1n) is 4.90. The predicted octanol–water partition coefficient (Wildman–Crippen LogP) is 1.18. The van der Waals surface area contributed by atoms with Crippen molar-refractivity contribution >= 4 is 0 Å². The Morgan fingerprint density at radius 1 is 1.42 bits per heavy atom. The number of rotatable bonds is 1. The second kappa shape index (κ2) is 1.73. The van der Waals surface area contributed by atoms with Crippen molar-refractivity contribution in [3.05, 3.63) is 0 Å². The summed E-state index contributed by atoms with van der Waals surface area (Å²) >= 11 is 0. The fraction of sp³-hybridized carbons (Fsp3) is 1.00. The Hall–Kier alpha value is -0.0800. The molecular weight excluding hydrogens is 152 g/mol. The molecule has 1 saturated heterocycles. The number of hydrogen-bond acceptors (Lipinski definition) is 2. The summed E-state index contributed by atoms with van der Waals surface area (Å²) in [6.07, 6.45) is 2.87. The molecule has 2 nitrogen and oxygen atoms in total. The first-order valence-corrected chi connectivity index (χ1v) is 4.90. The molecule has 0 aromatic rings. The number of hydrogen-bond donors (Lipinski definition) is 1. The lowest BCUT2D eigenvalue weighted by Crippen LogP contribution is -2.58. The van der Waals surface area contributed by atoms with Crippen molar-refractivity contribution in [2.75, 3.05) is 6.61 Å². The van der Waals surface area contributed by atoms with Gasteiger partial charge in [0.05, 0.1) is 12.7 Å². The zero-order chi connectivity index (χ0) is 8.56. The summed E-state index contributed by atoms with van der Waals surface area (Å²) in [5, 5.41) is 9.29. The van der Waals surface area contributed by atoms with E-state index in [9.17, 15) is 5.11 Å².